The number of nitrogens with one attached hydrogen (secondary N) is 1. The van der Waals surface area contributed by atoms with Crippen LogP contribution in [-0.4, -0.2) is 25.1 Å². The molecule has 4 rings (SSSR count). The van der Waals surface area contributed by atoms with Crippen molar-refractivity contribution in [2.75, 3.05) is 5.73 Å². The number of nitrogens with zero attached hydrogens (tertiary/aromatic N) is 4. The average Bonchev–Trinajstić information content (AvgIpc) is 2.93. The third kappa shape index (κ3) is 2.28. The largest absolute Gasteiger partial charge is 0.382 e. The number of benzene rings is 1. The summed E-state index contributed by atoms with van der Waals surface area (Å²) in [5.74, 6) is 0.385. The van der Waals surface area contributed by atoms with Crippen LogP contribution >= 0.6 is 0 Å². The van der Waals surface area contributed by atoms with Gasteiger partial charge in [-0.15, -0.1) is 0 Å². The van der Waals surface area contributed by atoms with E-state index in [0.717, 1.165) is 44.8 Å². The van der Waals surface area contributed by atoms with Gasteiger partial charge in [0.2, 0.25) is 0 Å². The van der Waals surface area contributed by atoms with E-state index in [9.17, 15) is 0 Å². The van der Waals surface area contributed by atoms with Crippen LogP contribution in [0.3, 0.4) is 0 Å². The van der Waals surface area contributed by atoms with Crippen molar-refractivity contribution in [1.82, 2.24) is 25.1 Å². The Morgan fingerprint density at radius 1 is 1.04 bits per heavy atom. The van der Waals surface area contributed by atoms with Gasteiger partial charge >= 0.3 is 0 Å². The van der Waals surface area contributed by atoms with Gasteiger partial charge in [-0.25, -0.2) is 4.98 Å². The second-order valence-corrected chi connectivity index (χ2v) is 5.71. The van der Waals surface area contributed by atoms with Crippen molar-refractivity contribution in [3.63, 3.8) is 0 Å². The number of anilines is 1. The number of H-pyrrole nitrogens is 1. The lowest BCUT2D eigenvalue weighted by Crippen LogP contribution is -1.99. The summed E-state index contributed by atoms with van der Waals surface area (Å²) in [4.78, 5) is 13.4. The van der Waals surface area contributed by atoms with Crippen LogP contribution in [0.1, 0.15) is 11.4 Å². The minimum atomic E-state index is 0.385. The maximum absolute atomic E-state index is 5.89. The van der Waals surface area contributed by atoms with Crippen LogP contribution in [0.25, 0.3) is 33.4 Å². The highest BCUT2D eigenvalue weighted by Crippen LogP contribution is 2.33. The van der Waals surface area contributed by atoms with Gasteiger partial charge in [-0.3, -0.25) is 15.1 Å². The first-order chi connectivity index (χ1) is 11.6. The molecule has 6 nitrogen and oxygen atoms in total. The van der Waals surface area contributed by atoms with E-state index in [-0.39, 0.29) is 0 Å². The van der Waals surface area contributed by atoms with E-state index in [0.29, 0.717) is 5.82 Å². The summed E-state index contributed by atoms with van der Waals surface area (Å²) in [6.07, 6.45) is 3.37. The van der Waals surface area contributed by atoms with Gasteiger partial charge in [0.05, 0.1) is 23.1 Å². The second-order valence-electron chi connectivity index (χ2n) is 5.71. The Morgan fingerprint density at radius 3 is 2.71 bits per heavy atom. The normalized spacial score (nSPS) is 11.1. The molecule has 0 aliphatic heterocycles. The molecule has 0 saturated heterocycles. The molecule has 0 aliphatic carbocycles. The van der Waals surface area contributed by atoms with Gasteiger partial charge in [-0.05, 0) is 32.0 Å². The maximum atomic E-state index is 5.89. The molecule has 3 N–H and O–H groups in total. The Bertz CT molecular complexity index is 1030. The molecule has 3 heterocycles. The van der Waals surface area contributed by atoms with Gasteiger partial charge in [0.15, 0.2) is 0 Å². The Balaban J connectivity index is 1.98. The molecule has 118 valence electrons. The van der Waals surface area contributed by atoms with Crippen molar-refractivity contribution in [1.29, 1.82) is 0 Å². The predicted octanol–water partition coefficient (Wildman–Crippen LogP) is 3.28. The van der Waals surface area contributed by atoms with Gasteiger partial charge in [-0.1, -0.05) is 12.1 Å². The number of rotatable bonds is 2. The number of hydrogen-bond donors (Lipinski definition) is 2. The molecule has 4 aromatic rings. The van der Waals surface area contributed by atoms with E-state index >= 15 is 0 Å². The Morgan fingerprint density at radius 2 is 1.92 bits per heavy atom. The van der Waals surface area contributed by atoms with E-state index in [4.69, 9.17) is 5.73 Å². The van der Waals surface area contributed by atoms with E-state index in [1.54, 1.807) is 12.4 Å². The molecule has 0 bridgehead atoms. The number of fused-ring (bicyclic) bond motifs is 1. The first-order valence-electron chi connectivity index (χ1n) is 7.63. The number of aryl methyl sites for hydroxylation is 2. The van der Waals surface area contributed by atoms with Crippen molar-refractivity contribution >= 4 is 16.7 Å². The monoisotopic (exact) mass is 316 g/mol. The number of nitrogen functional groups attached to an aromatic ring is 1. The molecule has 24 heavy (non-hydrogen) atoms. The number of aromatic amines is 1. The van der Waals surface area contributed by atoms with Crippen LogP contribution in [0, 0.1) is 13.8 Å². The lowest BCUT2D eigenvalue weighted by molar-refractivity contribution is 1.02. The Hall–Kier alpha value is -3.28. The van der Waals surface area contributed by atoms with Gasteiger partial charge in [-0.2, -0.15) is 5.10 Å². The van der Waals surface area contributed by atoms with Gasteiger partial charge in [0.25, 0.3) is 0 Å². The molecule has 0 amide bonds. The fourth-order valence-electron chi connectivity index (χ4n) is 2.91. The fraction of sp³-hybridized carbons (Fsp3) is 0.111. The minimum absolute atomic E-state index is 0.385. The second kappa shape index (κ2) is 5.42. The number of pyridine rings is 1. The molecular weight excluding hydrogens is 300 g/mol. The van der Waals surface area contributed by atoms with Gasteiger partial charge in [0, 0.05) is 28.4 Å². The van der Waals surface area contributed by atoms with E-state index < -0.39 is 0 Å². The zero-order valence-electron chi connectivity index (χ0n) is 13.4. The fourth-order valence-corrected chi connectivity index (χ4v) is 2.91. The van der Waals surface area contributed by atoms with Gasteiger partial charge in [0.1, 0.15) is 11.5 Å². The molecule has 1 aromatic carbocycles. The molecule has 6 heteroatoms. The molecule has 3 aromatic heterocycles. The summed E-state index contributed by atoms with van der Waals surface area (Å²) in [5, 5.41) is 8.31. The molecule has 0 atom stereocenters. The SMILES string of the molecule is Cc1n[nH]c(C)c1-c1nc(N)cnc1-c1ccc2ncccc2c1. The lowest BCUT2D eigenvalue weighted by atomic mass is 10.0. The molecule has 0 aliphatic rings. The van der Waals surface area contributed by atoms with Gasteiger partial charge < -0.3 is 5.73 Å². The zero-order chi connectivity index (χ0) is 16.7. The van der Waals surface area contributed by atoms with E-state index in [1.165, 1.54) is 0 Å². The molecule has 0 spiro atoms. The molecular formula is C18H16N6. The quantitative estimate of drug-likeness (QED) is 0.592. The van der Waals surface area contributed by atoms with Crippen LogP contribution < -0.4 is 5.73 Å². The van der Waals surface area contributed by atoms with Crippen molar-refractivity contribution < 1.29 is 0 Å². The van der Waals surface area contributed by atoms with E-state index in [2.05, 4.69) is 31.2 Å². The van der Waals surface area contributed by atoms with E-state index in [1.807, 2.05) is 38.1 Å². The number of aromatic nitrogens is 5. The van der Waals surface area contributed by atoms with Crippen molar-refractivity contribution in [2.24, 2.45) is 0 Å². The number of nitrogens with two attached hydrogens (primary N) is 1. The standard InChI is InChI=1S/C18H16N6/c1-10-16(11(2)24-23-10)18-17(21-9-15(19)22-18)13-5-6-14-12(8-13)4-3-7-20-14/h3-9H,1-2H3,(H2,19,22)(H,23,24). The predicted molar refractivity (Wildman–Crippen MR) is 94.2 cm³/mol. The average molecular weight is 316 g/mol. The summed E-state index contributed by atoms with van der Waals surface area (Å²) in [6.45, 7) is 3.91. The van der Waals surface area contributed by atoms with Crippen LogP contribution in [-0.2, 0) is 0 Å². The summed E-state index contributed by atoms with van der Waals surface area (Å²) < 4.78 is 0. The molecule has 0 unspecified atom stereocenters. The zero-order valence-corrected chi connectivity index (χ0v) is 13.4. The number of hydrogen-bond acceptors (Lipinski definition) is 5. The van der Waals surface area contributed by atoms with Crippen molar-refractivity contribution in [3.8, 4) is 22.5 Å². The topological polar surface area (TPSA) is 93.4 Å². The third-order valence-corrected chi connectivity index (χ3v) is 4.03. The highest BCUT2D eigenvalue weighted by atomic mass is 15.1. The summed E-state index contributed by atoms with van der Waals surface area (Å²) >= 11 is 0. The summed E-state index contributed by atoms with van der Waals surface area (Å²) in [6, 6.07) is 10.0. The maximum Gasteiger partial charge on any atom is 0.142 e. The summed E-state index contributed by atoms with van der Waals surface area (Å²) in [7, 11) is 0. The first kappa shape index (κ1) is 14.3. The van der Waals surface area contributed by atoms with Crippen LogP contribution in [0.2, 0.25) is 0 Å². The lowest BCUT2D eigenvalue weighted by Gasteiger charge is -2.10. The minimum Gasteiger partial charge on any atom is -0.382 e. The Kier molecular flexibility index (Phi) is 3.23. The highest BCUT2D eigenvalue weighted by molar-refractivity contribution is 5.88. The Labute approximate surface area is 138 Å². The highest BCUT2D eigenvalue weighted by Gasteiger charge is 2.18. The molecule has 0 saturated carbocycles. The first-order valence-corrected chi connectivity index (χ1v) is 7.63. The van der Waals surface area contributed by atoms with Crippen molar-refractivity contribution in [2.45, 2.75) is 13.8 Å². The van der Waals surface area contributed by atoms with Crippen molar-refractivity contribution in [3.05, 3.63) is 54.1 Å². The molecule has 0 radical (unpaired) electrons. The van der Waals surface area contributed by atoms with Crippen LogP contribution in [0.4, 0.5) is 5.82 Å². The smallest absolute Gasteiger partial charge is 0.142 e. The molecule has 0 fully saturated rings. The third-order valence-electron chi connectivity index (χ3n) is 4.03. The van der Waals surface area contributed by atoms with Crippen LogP contribution in [0.5, 0.6) is 0 Å². The van der Waals surface area contributed by atoms with Crippen LogP contribution in [0.15, 0.2) is 42.7 Å². The summed E-state index contributed by atoms with van der Waals surface area (Å²) in [5.41, 5.74) is 12.1.